The number of hydrogen-bond acceptors (Lipinski definition) is 4. The lowest BCUT2D eigenvalue weighted by Crippen LogP contribution is -1.98. The van der Waals surface area contributed by atoms with Gasteiger partial charge in [-0.15, -0.1) is 16.7 Å². The second-order valence-corrected chi connectivity index (χ2v) is 3.99. The van der Waals surface area contributed by atoms with Crippen LogP contribution in [-0.4, -0.2) is 25.4 Å². The molecule has 0 unspecified atom stereocenters. The molecule has 0 N–H and O–H groups in total. The predicted octanol–water partition coefficient (Wildman–Crippen LogP) is 1.95. The van der Waals surface area contributed by atoms with Crippen molar-refractivity contribution in [3.05, 3.63) is 30.3 Å². The molecule has 2 aromatic rings. The van der Waals surface area contributed by atoms with Crippen molar-refractivity contribution in [3.63, 3.8) is 0 Å². The molecule has 0 spiro atoms. The summed E-state index contributed by atoms with van der Waals surface area (Å²) in [6, 6.07) is 9.70. The molecule has 0 saturated carbocycles. The van der Waals surface area contributed by atoms with Crippen LogP contribution in [0.3, 0.4) is 0 Å². The Morgan fingerprint density at radius 2 is 2.07 bits per heavy atom. The number of nitrogens with zero attached hydrogens (tertiary/aromatic N) is 4. The first kappa shape index (κ1) is 9.48. The number of thioether (sulfide) groups is 1. The zero-order valence-corrected chi connectivity index (χ0v) is 8.74. The molecule has 0 aliphatic carbocycles. The molecule has 2 rings (SSSR count). The van der Waals surface area contributed by atoms with Crippen molar-refractivity contribution in [2.24, 2.45) is 0 Å². The molecule has 1 aromatic carbocycles. The second-order valence-electron chi connectivity index (χ2n) is 2.46. The van der Waals surface area contributed by atoms with Gasteiger partial charge in [-0.1, -0.05) is 30.0 Å². The summed E-state index contributed by atoms with van der Waals surface area (Å²) < 4.78 is 1.66. The monoisotopic (exact) mass is 226 g/mol. The molecule has 0 fully saturated rings. The van der Waals surface area contributed by atoms with Crippen molar-refractivity contribution in [2.75, 3.05) is 5.21 Å². The Hall–Kier alpha value is -1.07. The summed E-state index contributed by atoms with van der Waals surface area (Å²) in [5, 5.41) is 12.5. The molecule has 0 atom stereocenters. The Kier molecular flexibility index (Phi) is 3.00. The standard InChI is InChI=1S/C8H7ClN4S/c9-6-14-8-10-11-12-13(8)7-4-2-1-3-5-7/h1-5H,6H2. The van der Waals surface area contributed by atoms with Gasteiger partial charge in [-0.25, -0.2) is 0 Å². The third kappa shape index (κ3) is 1.88. The topological polar surface area (TPSA) is 43.6 Å². The summed E-state index contributed by atoms with van der Waals surface area (Å²) in [6.45, 7) is 0. The van der Waals surface area contributed by atoms with Crippen LogP contribution in [0.25, 0.3) is 5.69 Å². The lowest BCUT2D eigenvalue weighted by atomic mass is 10.3. The van der Waals surface area contributed by atoms with Crippen molar-refractivity contribution in [1.29, 1.82) is 0 Å². The SMILES string of the molecule is ClCSc1nnnn1-c1ccccc1. The first-order valence-electron chi connectivity index (χ1n) is 3.94. The molecule has 0 radical (unpaired) electrons. The van der Waals surface area contributed by atoms with Crippen molar-refractivity contribution in [2.45, 2.75) is 5.16 Å². The van der Waals surface area contributed by atoms with Gasteiger partial charge in [-0.3, -0.25) is 0 Å². The van der Waals surface area contributed by atoms with Gasteiger partial charge in [0.05, 0.1) is 10.9 Å². The van der Waals surface area contributed by atoms with Crippen molar-refractivity contribution < 1.29 is 0 Å². The highest BCUT2D eigenvalue weighted by Gasteiger charge is 2.06. The summed E-state index contributed by atoms with van der Waals surface area (Å²) in [5.41, 5.74) is 0.935. The molecule has 72 valence electrons. The number of benzene rings is 1. The first-order chi connectivity index (χ1) is 6.92. The van der Waals surface area contributed by atoms with E-state index in [-0.39, 0.29) is 0 Å². The van der Waals surface area contributed by atoms with E-state index in [2.05, 4.69) is 15.5 Å². The fraction of sp³-hybridized carbons (Fsp3) is 0.125. The summed E-state index contributed by atoms with van der Waals surface area (Å²) in [5.74, 6) is 0. The van der Waals surface area contributed by atoms with Gasteiger partial charge in [-0.05, 0) is 22.6 Å². The maximum Gasteiger partial charge on any atom is 0.215 e. The molecule has 0 amide bonds. The van der Waals surface area contributed by atoms with E-state index in [1.54, 1.807) is 4.68 Å². The number of halogens is 1. The van der Waals surface area contributed by atoms with Gasteiger partial charge in [0.25, 0.3) is 0 Å². The summed E-state index contributed by atoms with van der Waals surface area (Å²) in [7, 11) is 0. The normalized spacial score (nSPS) is 10.4. The van der Waals surface area contributed by atoms with Crippen LogP contribution in [0.15, 0.2) is 35.5 Å². The summed E-state index contributed by atoms with van der Waals surface area (Å²) in [4.78, 5) is 0. The molecule has 6 heteroatoms. The number of para-hydroxylation sites is 1. The molecule has 0 aliphatic heterocycles. The molecule has 1 heterocycles. The minimum atomic E-state index is 0.438. The molecular weight excluding hydrogens is 220 g/mol. The smallest absolute Gasteiger partial charge is 0.187 e. The summed E-state index contributed by atoms with van der Waals surface area (Å²) >= 11 is 7.00. The second kappa shape index (κ2) is 4.43. The number of aromatic nitrogens is 4. The molecule has 14 heavy (non-hydrogen) atoms. The van der Waals surface area contributed by atoms with E-state index in [1.807, 2.05) is 30.3 Å². The van der Waals surface area contributed by atoms with E-state index in [9.17, 15) is 0 Å². The molecular formula is C8H7ClN4S. The minimum absolute atomic E-state index is 0.438. The predicted molar refractivity (Wildman–Crippen MR) is 55.7 cm³/mol. The highest BCUT2D eigenvalue weighted by atomic mass is 35.5. The van der Waals surface area contributed by atoms with Crippen LogP contribution in [0.4, 0.5) is 0 Å². The number of tetrazole rings is 1. The van der Waals surface area contributed by atoms with Crippen LogP contribution in [0, 0.1) is 0 Å². The van der Waals surface area contributed by atoms with Gasteiger partial charge in [-0.2, -0.15) is 4.68 Å². The van der Waals surface area contributed by atoms with Crippen LogP contribution < -0.4 is 0 Å². The Labute approximate surface area is 90.3 Å². The van der Waals surface area contributed by atoms with Crippen LogP contribution in [0.2, 0.25) is 0 Å². The van der Waals surface area contributed by atoms with E-state index >= 15 is 0 Å². The molecule has 0 bridgehead atoms. The highest BCUT2D eigenvalue weighted by molar-refractivity contribution is 8.00. The van der Waals surface area contributed by atoms with Crippen LogP contribution in [0.5, 0.6) is 0 Å². The molecule has 1 aromatic heterocycles. The quantitative estimate of drug-likeness (QED) is 0.593. The summed E-state index contributed by atoms with van der Waals surface area (Å²) in [6.07, 6.45) is 0. The number of rotatable bonds is 3. The van der Waals surface area contributed by atoms with E-state index in [4.69, 9.17) is 11.6 Å². The van der Waals surface area contributed by atoms with E-state index in [0.717, 1.165) is 5.69 Å². The maximum atomic E-state index is 5.61. The van der Waals surface area contributed by atoms with Gasteiger partial charge < -0.3 is 0 Å². The molecule has 4 nitrogen and oxygen atoms in total. The third-order valence-electron chi connectivity index (χ3n) is 1.63. The Bertz CT molecular complexity index is 403. The van der Waals surface area contributed by atoms with Crippen molar-refractivity contribution >= 4 is 23.4 Å². The largest absolute Gasteiger partial charge is 0.215 e. The molecule has 0 aliphatic rings. The lowest BCUT2D eigenvalue weighted by molar-refractivity contribution is 0.757. The van der Waals surface area contributed by atoms with Crippen LogP contribution in [0.1, 0.15) is 0 Å². The van der Waals surface area contributed by atoms with Crippen molar-refractivity contribution in [3.8, 4) is 5.69 Å². The molecule has 0 saturated heterocycles. The van der Waals surface area contributed by atoms with Gasteiger partial charge in [0.15, 0.2) is 0 Å². The Balaban J connectivity index is 2.37. The average molecular weight is 227 g/mol. The van der Waals surface area contributed by atoms with E-state index in [0.29, 0.717) is 10.4 Å². The lowest BCUT2D eigenvalue weighted by Gasteiger charge is -2.01. The van der Waals surface area contributed by atoms with Gasteiger partial charge in [0.1, 0.15) is 0 Å². The van der Waals surface area contributed by atoms with Gasteiger partial charge in [0.2, 0.25) is 5.16 Å². The first-order valence-corrected chi connectivity index (χ1v) is 5.46. The number of alkyl halides is 1. The number of hydrogen-bond donors (Lipinski definition) is 0. The Morgan fingerprint density at radius 3 is 2.79 bits per heavy atom. The van der Waals surface area contributed by atoms with E-state index < -0.39 is 0 Å². The van der Waals surface area contributed by atoms with Gasteiger partial charge >= 0.3 is 0 Å². The maximum absolute atomic E-state index is 5.61. The zero-order chi connectivity index (χ0) is 9.80. The highest BCUT2D eigenvalue weighted by Crippen LogP contribution is 2.18. The van der Waals surface area contributed by atoms with E-state index in [1.165, 1.54) is 11.8 Å². The Morgan fingerprint density at radius 1 is 1.29 bits per heavy atom. The average Bonchev–Trinajstić information content (AvgIpc) is 2.68. The fourth-order valence-electron chi connectivity index (χ4n) is 1.05. The van der Waals surface area contributed by atoms with Crippen LogP contribution in [-0.2, 0) is 0 Å². The van der Waals surface area contributed by atoms with Crippen molar-refractivity contribution in [1.82, 2.24) is 20.2 Å². The van der Waals surface area contributed by atoms with Gasteiger partial charge in [0, 0.05) is 0 Å². The zero-order valence-electron chi connectivity index (χ0n) is 7.17. The minimum Gasteiger partial charge on any atom is -0.187 e. The third-order valence-corrected chi connectivity index (χ3v) is 2.57. The fourth-order valence-corrected chi connectivity index (χ4v) is 1.80. The van der Waals surface area contributed by atoms with Crippen LogP contribution >= 0.6 is 23.4 Å².